The Kier molecular flexibility index (Phi) is 4.47. The Hall–Kier alpha value is -1.02. The van der Waals surface area contributed by atoms with Crippen LogP contribution in [0, 0.1) is 0 Å². The highest BCUT2D eigenvalue weighted by Gasteiger charge is 2.11. The van der Waals surface area contributed by atoms with Gasteiger partial charge in [-0.15, -0.1) is 6.58 Å². The molecule has 1 heterocycles. The van der Waals surface area contributed by atoms with Crippen molar-refractivity contribution in [2.45, 2.75) is 32.2 Å². The van der Waals surface area contributed by atoms with Gasteiger partial charge in [0.15, 0.2) is 0 Å². The predicted molar refractivity (Wildman–Crippen MR) is 59.3 cm³/mol. The van der Waals surface area contributed by atoms with Crippen molar-refractivity contribution in [3.05, 3.63) is 36.3 Å². The number of hydrogen-bond donors (Lipinski definition) is 1. The van der Waals surface area contributed by atoms with Crippen LogP contribution >= 0.6 is 0 Å². The highest BCUT2D eigenvalue weighted by molar-refractivity contribution is 5.10. The van der Waals surface area contributed by atoms with Crippen molar-refractivity contribution in [3.63, 3.8) is 0 Å². The molecule has 0 amide bonds. The second-order valence-corrected chi connectivity index (χ2v) is 3.36. The minimum atomic E-state index is 0.313. The minimum absolute atomic E-state index is 0.313. The van der Waals surface area contributed by atoms with Crippen molar-refractivity contribution in [2.24, 2.45) is 0 Å². The molecular formula is C12H19NO. The van der Waals surface area contributed by atoms with E-state index in [2.05, 4.69) is 24.9 Å². The molecule has 1 unspecified atom stereocenters. The third kappa shape index (κ3) is 2.74. The number of rotatable bonds is 6. The molecule has 78 valence electrons. The van der Waals surface area contributed by atoms with Crippen molar-refractivity contribution in [2.75, 3.05) is 7.05 Å². The Morgan fingerprint density at radius 3 is 2.86 bits per heavy atom. The first kappa shape index (κ1) is 11.1. The smallest absolute Gasteiger partial charge is 0.121 e. The summed E-state index contributed by atoms with van der Waals surface area (Å²) in [5, 5.41) is 3.25. The molecule has 2 nitrogen and oxygen atoms in total. The first-order chi connectivity index (χ1) is 6.81. The first-order valence-electron chi connectivity index (χ1n) is 5.18. The lowest BCUT2D eigenvalue weighted by Gasteiger charge is -2.11. The Bertz CT molecular complexity index is 278. The van der Waals surface area contributed by atoms with Gasteiger partial charge in [0.25, 0.3) is 0 Å². The Morgan fingerprint density at radius 1 is 1.57 bits per heavy atom. The fraction of sp³-hybridized carbons (Fsp3) is 0.500. The van der Waals surface area contributed by atoms with E-state index in [1.54, 1.807) is 0 Å². The lowest BCUT2D eigenvalue weighted by molar-refractivity contribution is 0.397. The Morgan fingerprint density at radius 2 is 2.36 bits per heavy atom. The normalized spacial score (nSPS) is 12.7. The molecule has 1 atom stereocenters. The molecule has 0 spiro atoms. The summed E-state index contributed by atoms with van der Waals surface area (Å²) in [6.07, 6.45) is 4.94. The molecule has 1 rings (SSSR count). The second-order valence-electron chi connectivity index (χ2n) is 3.36. The zero-order chi connectivity index (χ0) is 10.4. The topological polar surface area (TPSA) is 25.2 Å². The average molecular weight is 193 g/mol. The zero-order valence-electron chi connectivity index (χ0n) is 9.05. The second kappa shape index (κ2) is 5.66. The molecule has 0 aliphatic rings. The van der Waals surface area contributed by atoms with Gasteiger partial charge in [-0.3, -0.25) is 0 Å². The van der Waals surface area contributed by atoms with Crippen LogP contribution < -0.4 is 5.32 Å². The van der Waals surface area contributed by atoms with Gasteiger partial charge >= 0.3 is 0 Å². The van der Waals surface area contributed by atoms with Gasteiger partial charge in [0, 0.05) is 6.42 Å². The van der Waals surface area contributed by atoms with Gasteiger partial charge in [-0.25, -0.2) is 0 Å². The maximum absolute atomic E-state index is 5.69. The summed E-state index contributed by atoms with van der Waals surface area (Å²) in [6, 6.07) is 4.42. The quantitative estimate of drug-likeness (QED) is 0.702. The van der Waals surface area contributed by atoms with Gasteiger partial charge < -0.3 is 9.73 Å². The Balaban J connectivity index is 2.63. The van der Waals surface area contributed by atoms with Crippen LogP contribution in [0.15, 0.2) is 29.2 Å². The number of allylic oxidation sites excluding steroid dienone is 1. The largest absolute Gasteiger partial charge is 0.464 e. The van der Waals surface area contributed by atoms with Crippen LogP contribution in [0.1, 0.15) is 37.3 Å². The van der Waals surface area contributed by atoms with Gasteiger partial charge in [-0.05, 0) is 32.0 Å². The van der Waals surface area contributed by atoms with E-state index >= 15 is 0 Å². The summed E-state index contributed by atoms with van der Waals surface area (Å²) in [5.74, 6) is 2.09. The van der Waals surface area contributed by atoms with Crippen LogP contribution in [0.3, 0.4) is 0 Å². The monoisotopic (exact) mass is 193 g/mol. The number of hydrogen-bond acceptors (Lipinski definition) is 2. The van der Waals surface area contributed by atoms with Gasteiger partial charge in [0.2, 0.25) is 0 Å². The van der Waals surface area contributed by atoms with Crippen molar-refractivity contribution in [3.8, 4) is 0 Å². The maximum Gasteiger partial charge on any atom is 0.121 e. The van der Waals surface area contributed by atoms with Crippen LogP contribution in [0.25, 0.3) is 0 Å². The molecule has 1 aromatic rings. The lowest BCUT2D eigenvalue weighted by atomic mass is 10.1. The fourth-order valence-electron chi connectivity index (χ4n) is 1.49. The average Bonchev–Trinajstić information content (AvgIpc) is 2.68. The van der Waals surface area contributed by atoms with Crippen molar-refractivity contribution >= 4 is 0 Å². The van der Waals surface area contributed by atoms with E-state index in [0.717, 1.165) is 30.8 Å². The Labute approximate surface area is 86.0 Å². The zero-order valence-corrected chi connectivity index (χ0v) is 9.05. The SMILES string of the molecule is C=CCCC(NC)c1ccc(CC)o1. The van der Waals surface area contributed by atoms with Crippen LogP contribution in [-0.2, 0) is 6.42 Å². The molecule has 0 bridgehead atoms. The highest BCUT2D eigenvalue weighted by Crippen LogP contribution is 2.21. The van der Waals surface area contributed by atoms with Crippen molar-refractivity contribution in [1.29, 1.82) is 0 Å². The van der Waals surface area contributed by atoms with E-state index in [9.17, 15) is 0 Å². The van der Waals surface area contributed by atoms with Gasteiger partial charge in [0.05, 0.1) is 6.04 Å². The van der Waals surface area contributed by atoms with Crippen LogP contribution in [-0.4, -0.2) is 7.05 Å². The molecule has 0 saturated heterocycles. The molecule has 1 aromatic heterocycles. The summed E-state index contributed by atoms with van der Waals surface area (Å²) in [6.45, 7) is 5.82. The summed E-state index contributed by atoms with van der Waals surface area (Å²) in [5.41, 5.74) is 0. The van der Waals surface area contributed by atoms with E-state index in [1.807, 2.05) is 19.2 Å². The predicted octanol–water partition coefficient (Wildman–Crippen LogP) is 3.07. The molecule has 0 radical (unpaired) electrons. The standard InChI is InChI=1S/C12H19NO/c1-4-6-7-11(13-3)12-9-8-10(5-2)14-12/h4,8-9,11,13H,1,5-7H2,2-3H3. The highest BCUT2D eigenvalue weighted by atomic mass is 16.3. The fourth-order valence-corrected chi connectivity index (χ4v) is 1.49. The molecule has 0 fully saturated rings. The first-order valence-corrected chi connectivity index (χ1v) is 5.18. The van der Waals surface area contributed by atoms with E-state index in [-0.39, 0.29) is 0 Å². The van der Waals surface area contributed by atoms with Gasteiger partial charge in [-0.1, -0.05) is 13.0 Å². The third-order valence-electron chi connectivity index (χ3n) is 2.38. The van der Waals surface area contributed by atoms with Gasteiger partial charge in [0.1, 0.15) is 11.5 Å². The number of nitrogens with one attached hydrogen (secondary N) is 1. The molecule has 0 aliphatic carbocycles. The molecule has 0 saturated carbocycles. The molecule has 0 aromatic carbocycles. The van der Waals surface area contributed by atoms with E-state index in [0.29, 0.717) is 6.04 Å². The minimum Gasteiger partial charge on any atom is -0.464 e. The van der Waals surface area contributed by atoms with Crippen LogP contribution in [0.2, 0.25) is 0 Å². The van der Waals surface area contributed by atoms with Crippen LogP contribution in [0.4, 0.5) is 0 Å². The van der Waals surface area contributed by atoms with Crippen molar-refractivity contribution < 1.29 is 4.42 Å². The maximum atomic E-state index is 5.69. The summed E-state index contributed by atoms with van der Waals surface area (Å²) in [7, 11) is 1.96. The van der Waals surface area contributed by atoms with Gasteiger partial charge in [-0.2, -0.15) is 0 Å². The number of aryl methyl sites for hydroxylation is 1. The molecule has 0 aliphatic heterocycles. The summed E-state index contributed by atoms with van der Waals surface area (Å²) in [4.78, 5) is 0. The molecule has 1 N–H and O–H groups in total. The third-order valence-corrected chi connectivity index (χ3v) is 2.38. The number of furan rings is 1. The molecule has 14 heavy (non-hydrogen) atoms. The van der Waals surface area contributed by atoms with Crippen LogP contribution in [0.5, 0.6) is 0 Å². The summed E-state index contributed by atoms with van der Waals surface area (Å²) >= 11 is 0. The lowest BCUT2D eigenvalue weighted by Crippen LogP contribution is -2.15. The van der Waals surface area contributed by atoms with E-state index in [4.69, 9.17) is 4.42 Å². The van der Waals surface area contributed by atoms with E-state index < -0.39 is 0 Å². The molecular weight excluding hydrogens is 174 g/mol. The summed E-state index contributed by atoms with van der Waals surface area (Å²) < 4.78 is 5.69. The molecule has 2 heteroatoms. The van der Waals surface area contributed by atoms with E-state index in [1.165, 1.54) is 0 Å². The van der Waals surface area contributed by atoms with Crippen molar-refractivity contribution in [1.82, 2.24) is 5.32 Å².